The lowest BCUT2D eigenvalue weighted by Crippen LogP contribution is -2.31. The number of aliphatic hydroxyl groups excluding tert-OH is 1. The summed E-state index contributed by atoms with van der Waals surface area (Å²) in [5.74, 6) is 0.451. The first kappa shape index (κ1) is 19.1. The summed E-state index contributed by atoms with van der Waals surface area (Å²) in [4.78, 5) is 18.9. The van der Waals surface area contributed by atoms with E-state index in [0.717, 1.165) is 33.3 Å². The highest BCUT2D eigenvalue weighted by molar-refractivity contribution is 6.30. The topological polar surface area (TPSA) is 90.1 Å². The number of carbonyl (C=O) groups is 1. The van der Waals surface area contributed by atoms with Crippen LogP contribution in [0, 0.1) is 0 Å². The molecule has 4 rings (SSSR count). The fraction of sp³-hybridized carbons (Fsp3) is 0.136. The van der Waals surface area contributed by atoms with Crippen LogP contribution in [0.15, 0.2) is 60.9 Å². The number of H-pyrrole nitrogens is 2. The molecule has 0 radical (unpaired) electrons. The van der Waals surface area contributed by atoms with Crippen LogP contribution in [0.2, 0.25) is 5.02 Å². The van der Waals surface area contributed by atoms with Crippen molar-refractivity contribution in [2.45, 2.75) is 6.04 Å². The first-order valence-corrected chi connectivity index (χ1v) is 9.48. The minimum Gasteiger partial charge on any atom is -0.497 e. The molecule has 0 aliphatic rings. The molecule has 0 saturated heterocycles. The zero-order valence-electron chi connectivity index (χ0n) is 15.7. The number of rotatable bonds is 6. The molecule has 7 heteroatoms. The number of ether oxygens (including phenoxy) is 1. The average Bonchev–Trinajstić information content (AvgIpc) is 3.38. The van der Waals surface area contributed by atoms with Crippen molar-refractivity contribution in [2.75, 3.05) is 13.7 Å². The van der Waals surface area contributed by atoms with E-state index >= 15 is 0 Å². The van der Waals surface area contributed by atoms with Crippen LogP contribution in [-0.2, 0) is 0 Å². The Morgan fingerprint density at radius 3 is 2.79 bits per heavy atom. The number of methoxy groups -OCH3 is 1. The van der Waals surface area contributed by atoms with E-state index in [9.17, 15) is 9.90 Å². The number of aromatic amines is 2. The molecule has 2 aromatic carbocycles. The van der Waals surface area contributed by atoms with Crippen LogP contribution in [0.25, 0.3) is 22.0 Å². The van der Waals surface area contributed by atoms with Gasteiger partial charge in [-0.15, -0.1) is 0 Å². The van der Waals surface area contributed by atoms with Gasteiger partial charge in [0.25, 0.3) is 5.91 Å². The van der Waals surface area contributed by atoms with E-state index in [0.29, 0.717) is 10.7 Å². The molecule has 0 aliphatic heterocycles. The van der Waals surface area contributed by atoms with E-state index in [4.69, 9.17) is 16.3 Å². The summed E-state index contributed by atoms with van der Waals surface area (Å²) in [5, 5.41) is 14.1. The Kier molecular flexibility index (Phi) is 5.29. The highest BCUT2D eigenvalue weighted by Gasteiger charge is 2.18. The van der Waals surface area contributed by atoms with Crippen molar-refractivity contribution < 1.29 is 14.6 Å². The van der Waals surface area contributed by atoms with Gasteiger partial charge in [0.2, 0.25) is 0 Å². The van der Waals surface area contributed by atoms with Crippen LogP contribution in [0.3, 0.4) is 0 Å². The van der Waals surface area contributed by atoms with E-state index in [1.807, 2.05) is 30.5 Å². The number of benzene rings is 2. The van der Waals surface area contributed by atoms with Gasteiger partial charge in [-0.2, -0.15) is 0 Å². The molecular weight excluding hydrogens is 390 g/mol. The number of fused-ring (bicyclic) bond motifs is 1. The van der Waals surface area contributed by atoms with Gasteiger partial charge in [-0.1, -0.05) is 23.7 Å². The Morgan fingerprint density at radius 2 is 2.03 bits per heavy atom. The predicted octanol–water partition coefficient (Wildman–Crippen LogP) is 4.29. The Hall–Kier alpha value is -3.22. The van der Waals surface area contributed by atoms with Crippen molar-refractivity contribution in [1.82, 2.24) is 15.3 Å². The molecule has 1 atom stereocenters. The van der Waals surface area contributed by atoms with Crippen LogP contribution in [-0.4, -0.2) is 34.7 Å². The van der Waals surface area contributed by atoms with Crippen molar-refractivity contribution in [1.29, 1.82) is 0 Å². The van der Waals surface area contributed by atoms with E-state index in [1.54, 1.807) is 37.6 Å². The molecule has 29 heavy (non-hydrogen) atoms. The van der Waals surface area contributed by atoms with Crippen molar-refractivity contribution in [2.24, 2.45) is 0 Å². The summed E-state index contributed by atoms with van der Waals surface area (Å²) in [7, 11) is 1.63. The van der Waals surface area contributed by atoms with E-state index in [1.165, 1.54) is 0 Å². The van der Waals surface area contributed by atoms with E-state index < -0.39 is 6.04 Å². The van der Waals surface area contributed by atoms with Gasteiger partial charge in [-0.3, -0.25) is 4.79 Å². The molecule has 0 aliphatic carbocycles. The summed E-state index contributed by atoms with van der Waals surface area (Å²) in [6.45, 7) is -0.234. The molecule has 0 spiro atoms. The third-order valence-electron chi connectivity index (χ3n) is 4.87. The second-order valence-corrected chi connectivity index (χ2v) is 7.12. The molecular formula is C22H20ClN3O3. The number of nitrogens with one attached hydrogen (secondary N) is 3. The highest BCUT2D eigenvalue weighted by atomic mass is 35.5. The van der Waals surface area contributed by atoms with Crippen LogP contribution < -0.4 is 10.1 Å². The Balaban J connectivity index is 1.58. The Morgan fingerprint density at radius 1 is 1.17 bits per heavy atom. The first-order valence-electron chi connectivity index (χ1n) is 9.10. The van der Waals surface area contributed by atoms with Gasteiger partial charge in [0.05, 0.1) is 19.8 Å². The quantitative estimate of drug-likeness (QED) is 0.383. The molecule has 4 aromatic rings. The maximum Gasteiger partial charge on any atom is 0.268 e. The first-order chi connectivity index (χ1) is 14.1. The highest BCUT2D eigenvalue weighted by Crippen LogP contribution is 2.31. The Labute approximate surface area is 172 Å². The van der Waals surface area contributed by atoms with Gasteiger partial charge in [0.1, 0.15) is 11.4 Å². The minimum absolute atomic E-state index is 0.234. The number of aliphatic hydroxyl groups is 1. The summed E-state index contributed by atoms with van der Waals surface area (Å²) >= 11 is 6.02. The summed E-state index contributed by atoms with van der Waals surface area (Å²) in [6, 6.07) is 14.1. The number of halogens is 1. The zero-order valence-corrected chi connectivity index (χ0v) is 16.5. The number of amides is 1. The van der Waals surface area contributed by atoms with Gasteiger partial charge in [-0.25, -0.2) is 0 Å². The smallest absolute Gasteiger partial charge is 0.268 e. The van der Waals surface area contributed by atoms with Crippen LogP contribution in [0.1, 0.15) is 22.1 Å². The zero-order chi connectivity index (χ0) is 20.4. The maximum absolute atomic E-state index is 12.7. The molecule has 4 N–H and O–H groups in total. The SMILES string of the molecule is COc1ccc2[nH]cc(-c3c[nH]c(C(=O)N[C@H](CO)c4cccc(Cl)c4)c3)c2c1. The molecule has 0 saturated carbocycles. The fourth-order valence-corrected chi connectivity index (χ4v) is 3.54. The number of hydrogen-bond donors (Lipinski definition) is 4. The molecule has 1 amide bonds. The number of aromatic nitrogens is 2. The van der Waals surface area contributed by atoms with Gasteiger partial charge >= 0.3 is 0 Å². The lowest BCUT2D eigenvalue weighted by molar-refractivity contribution is 0.0912. The fourth-order valence-electron chi connectivity index (χ4n) is 3.34. The van der Waals surface area contributed by atoms with Crippen molar-refractivity contribution >= 4 is 28.4 Å². The van der Waals surface area contributed by atoms with Crippen LogP contribution in [0.4, 0.5) is 0 Å². The lowest BCUT2D eigenvalue weighted by atomic mass is 10.1. The second-order valence-electron chi connectivity index (χ2n) is 6.68. The van der Waals surface area contributed by atoms with Crippen LogP contribution in [0.5, 0.6) is 5.75 Å². The van der Waals surface area contributed by atoms with Gasteiger partial charge < -0.3 is 25.1 Å². The van der Waals surface area contributed by atoms with Gasteiger partial charge in [0, 0.05) is 39.4 Å². The predicted molar refractivity (Wildman–Crippen MR) is 113 cm³/mol. The maximum atomic E-state index is 12.7. The molecule has 0 bridgehead atoms. The second kappa shape index (κ2) is 8.03. The molecule has 2 aromatic heterocycles. The molecule has 0 fully saturated rings. The summed E-state index contributed by atoms with van der Waals surface area (Å²) < 4.78 is 5.31. The van der Waals surface area contributed by atoms with Crippen molar-refractivity contribution in [3.63, 3.8) is 0 Å². The standard InChI is InChI=1S/C22H20ClN3O3/c1-29-16-5-6-19-17(9-16)18(11-25-19)14-8-20(24-10-14)22(28)26-21(12-27)13-3-2-4-15(23)7-13/h2-11,21,24-25,27H,12H2,1H3,(H,26,28)/t21-/m1/s1. The third kappa shape index (κ3) is 3.85. The van der Waals surface area contributed by atoms with Gasteiger partial charge in [0.15, 0.2) is 0 Å². The van der Waals surface area contributed by atoms with Crippen molar-refractivity contribution in [3.05, 3.63) is 77.2 Å². The molecule has 2 heterocycles. The lowest BCUT2D eigenvalue weighted by Gasteiger charge is -2.16. The van der Waals surface area contributed by atoms with Crippen LogP contribution >= 0.6 is 11.6 Å². The monoisotopic (exact) mass is 409 g/mol. The van der Waals surface area contributed by atoms with Crippen molar-refractivity contribution in [3.8, 4) is 16.9 Å². The third-order valence-corrected chi connectivity index (χ3v) is 5.10. The van der Waals surface area contributed by atoms with E-state index in [2.05, 4.69) is 15.3 Å². The number of hydrogen-bond acceptors (Lipinski definition) is 3. The minimum atomic E-state index is -0.551. The summed E-state index contributed by atoms with van der Waals surface area (Å²) in [5.41, 5.74) is 3.96. The Bertz CT molecular complexity index is 1170. The summed E-state index contributed by atoms with van der Waals surface area (Å²) in [6.07, 6.45) is 3.68. The van der Waals surface area contributed by atoms with Gasteiger partial charge in [-0.05, 0) is 42.0 Å². The normalized spacial score (nSPS) is 12.1. The molecule has 148 valence electrons. The largest absolute Gasteiger partial charge is 0.497 e. The number of carbonyl (C=O) groups excluding carboxylic acids is 1. The van der Waals surface area contributed by atoms with E-state index in [-0.39, 0.29) is 12.5 Å². The average molecular weight is 410 g/mol. The molecule has 6 nitrogen and oxygen atoms in total. The molecule has 0 unspecified atom stereocenters.